The van der Waals surface area contributed by atoms with Crippen LogP contribution < -0.4 is 16.0 Å². The van der Waals surface area contributed by atoms with Crippen LogP contribution in [-0.4, -0.2) is 33.2 Å². The van der Waals surface area contributed by atoms with Crippen molar-refractivity contribution in [2.45, 2.75) is 32.4 Å². The number of nitro groups is 1. The number of aliphatic hydroxyl groups excluding tert-OH is 1. The lowest BCUT2D eigenvalue weighted by molar-refractivity contribution is -0.385. The van der Waals surface area contributed by atoms with Gasteiger partial charge in [0.05, 0.1) is 17.7 Å². The van der Waals surface area contributed by atoms with Crippen LogP contribution in [0.25, 0.3) is 0 Å². The predicted molar refractivity (Wildman–Crippen MR) is 97.9 cm³/mol. The zero-order chi connectivity index (χ0) is 20.1. The fraction of sp³-hybridized carbons (Fsp3) is 0.333. The average Bonchev–Trinajstić information content (AvgIpc) is 2.61. The van der Waals surface area contributed by atoms with Crippen LogP contribution in [0.2, 0.25) is 0 Å². The average molecular weight is 375 g/mol. The third-order valence-electron chi connectivity index (χ3n) is 3.93. The van der Waals surface area contributed by atoms with Crippen molar-refractivity contribution in [2.24, 2.45) is 5.73 Å². The smallest absolute Gasteiger partial charge is 0.286 e. The Balaban J connectivity index is 2.19. The van der Waals surface area contributed by atoms with E-state index in [2.05, 4.69) is 0 Å². The fourth-order valence-corrected chi connectivity index (χ4v) is 2.59. The minimum Gasteiger partial charge on any atom is -0.491 e. The zero-order valence-electron chi connectivity index (χ0n) is 15.0. The second-order valence-corrected chi connectivity index (χ2v) is 6.35. The van der Waals surface area contributed by atoms with Gasteiger partial charge in [0.1, 0.15) is 24.0 Å². The first-order valence-corrected chi connectivity index (χ1v) is 8.29. The summed E-state index contributed by atoms with van der Waals surface area (Å²) in [6.07, 6.45) is -0.175. The lowest BCUT2D eigenvalue weighted by Gasteiger charge is -2.17. The molecule has 144 valence electrons. The van der Waals surface area contributed by atoms with Gasteiger partial charge in [0, 0.05) is 6.07 Å². The maximum absolute atomic E-state index is 12.2. The number of aliphatic hydroxyl groups is 1. The fourth-order valence-electron chi connectivity index (χ4n) is 2.59. The van der Waals surface area contributed by atoms with Gasteiger partial charge >= 0.3 is 0 Å². The second-order valence-electron chi connectivity index (χ2n) is 6.35. The van der Waals surface area contributed by atoms with Crippen molar-refractivity contribution in [3.8, 4) is 5.75 Å². The highest BCUT2D eigenvalue weighted by Crippen LogP contribution is 2.25. The van der Waals surface area contributed by atoms with Gasteiger partial charge in [-0.05, 0) is 17.5 Å². The summed E-state index contributed by atoms with van der Waals surface area (Å²) in [5.74, 6) is -0.249. The number of carbonyl (C=O) groups is 1. The Morgan fingerprint density at radius 3 is 2.63 bits per heavy atom. The van der Waals surface area contributed by atoms with E-state index in [1.807, 2.05) is 26.0 Å². The highest BCUT2D eigenvalue weighted by atomic mass is 16.6. The predicted octanol–water partition coefficient (Wildman–Crippen LogP) is 1.42. The van der Waals surface area contributed by atoms with Gasteiger partial charge in [-0.15, -0.1) is 0 Å². The molecule has 1 heterocycles. The quantitative estimate of drug-likeness (QED) is 0.528. The van der Waals surface area contributed by atoms with Gasteiger partial charge < -0.3 is 20.1 Å². The number of benzene rings is 1. The molecule has 0 fully saturated rings. The summed E-state index contributed by atoms with van der Waals surface area (Å²) >= 11 is 0. The third-order valence-corrected chi connectivity index (χ3v) is 3.93. The molecule has 27 heavy (non-hydrogen) atoms. The highest BCUT2D eigenvalue weighted by molar-refractivity contribution is 5.92. The molecule has 1 atom stereocenters. The molecule has 9 nitrogen and oxygen atoms in total. The van der Waals surface area contributed by atoms with Crippen molar-refractivity contribution in [3.63, 3.8) is 0 Å². The van der Waals surface area contributed by atoms with Gasteiger partial charge in [-0.25, -0.2) is 0 Å². The molecular weight excluding hydrogens is 354 g/mol. The van der Waals surface area contributed by atoms with Crippen LogP contribution in [0.15, 0.2) is 41.3 Å². The molecule has 0 radical (unpaired) electrons. The summed E-state index contributed by atoms with van der Waals surface area (Å²) in [7, 11) is 0. The molecule has 0 saturated carbocycles. The van der Waals surface area contributed by atoms with E-state index in [-0.39, 0.29) is 19.1 Å². The van der Waals surface area contributed by atoms with Crippen molar-refractivity contribution in [1.29, 1.82) is 0 Å². The first kappa shape index (κ1) is 20.1. The molecule has 9 heteroatoms. The largest absolute Gasteiger partial charge is 0.491 e. The molecule has 0 aliphatic heterocycles. The molecule has 3 N–H and O–H groups in total. The second kappa shape index (κ2) is 8.45. The van der Waals surface area contributed by atoms with E-state index in [1.165, 1.54) is 0 Å². The summed E-state index contributed by atoms with van der Waals surface area (Å²) < 4.78 is 6.53. The maximum Gasteiger partial charge on any atom is 0.286 e. The molecule has 0 bridgehead atoms. The lowest BCUT2D eigenvalue weighted by atomic mass is 10.0. The highest BCUT2D eigenvalue weighted by Gasteiger charge is 2.19. The number of hydrogen-bond acceptors (Lipinski definition) is 6. The van der Waals surface area contributed by atoms with Crippen LogP contribution in [0.3, 0.4) is 0 Å². The normalized spacial score (nSPS) is 12.0. The van der Waals surface area contributed by atoms with Crippen molar-refractivity contribution < 1.29 is 19.6 Å². The van der Waals surface area contributed by atoms with E-state index in [0.717, 1.165) is 22.4 Å². The van der Waals surface area contributed by atoms with Crippen LogP contribution in [0, 0.1) is 10.1 Å². The van der Waals surface area contributed by atoms with E-state index in [0.29, 0.717) is 5.75 Å². The number of para-hydroxylation sites is 1. The number of nitrogens with two attached hydrogens (primary N) is 1. The molecule has 0 spiro atoms. The first-order chi connectivity index (χ1) is 12.7. The van der Waals surface area contributed by atoms with Gasteiger partial charge in [0.15, 0.2) is 0 Å². The maximum atomic E-state index is 12.2. The Morgan fingerprint density at radius 1 is 1.37 bits per heavy atom. The molecule has 1 aromatic carbocycles. The van der Waals surface area contributed by atoms with E-state index in [9.17, 15) is 24.8 Å². The molecule has 1 unspecified atom stereocenters. The number of hydrogen-bond donors (Lipinski definition) is 2. The molecule has 0 aliphatic carbocycles. The molecule has 2 rings (SSSR count). The van der Waals surface area contributed by atoms with E-state index in [1.54, 1.807) is 12.1 Å². The Bertz CT molecular complexity index is 906. The van der Waals surface area contributed by atoms with E-state index >= 15 is 0 Å². The van der Waals surface area contributed by atoms with Crippen LogP contribution in [0.5, 0.6) is 5.75 Å². The van der Waals surface area contributed by atoms with Crippen LogP contribution >= 0.6 is 0 Å². The summed E-state index contributed by atoms with van der Waals surface area (Å²) in [5.41, 5.74) is 4.27. The lowest BCUT2D eigenvalue weighted by Crippen LogP contribution is -2.34. The third kappa shape index (κ3) is 4.91. The standard InChI is InChI=1S/C18H21N3O6/c1-11(2)14-5-3-4-6-16(14)27-10-13(22)9-20-8-12(21(25)26)7-15(17(19)23)18(20)24/h3-8,11,13,22H,9-10H2,1-2H3,(H2,19,23). The molecule has 0 saturated heterocycles. The van der Waals surface area contributed by atoms with Gasteiger partial charge in [0.2, 0.25) is 0 Å². The van der Waals surface area contributed by atoms with Crippen molar-refractivity contribution in [1.82, 2.24) is 4.57 Å². The molecule has 2 aromatic rings. The van der Waals surface area contributed by atoms with Crippen molar-refractivity contribution >= 4 is 11.6 Å². The SMILES string of the molecule is CC(C)c1ccccc1OCC(O)Cn1cc([N+](=O)[O-])cc(C(N)=O)c1=O. The molecule has 1 aromatic heterocycles. The Morgan fingerprint density at radius 2 is 2.04 bits per heavy atom. The summed E-state index contributed by atoms with van der Waals surface area (Å²) in [4.78, 5) is 33.8. The monoisotopic (exact) mass is 375 g/mol. The van der Waals surface area contributed by atoms with Gasteiger partial charge in [-0.3, -0.25) is 19.7 Å². The Kier molecular flexibility index (Phi) is 6.30. The number of ether oxygens (including phenoxy) is 1. The van der Waals surface area contributed by atoms with Gasteiger partial charge in [-0.1, -0.05) is 32.0 Å². The van der Waals surface area contributed by atoms with Crippen molar-refractivity contribution in [2.75, 3.05) is 6.61 Å². The molecular formula is C18H21N3O6. The number of aromatic nitrogens is 1. The van der Waals surface area contributed by atoms with Crippen LogP contribution in [0.1, 0.15) is 35.7 Å². The number of pyridine rings is 1. The molecule has 0 aliphatic rings. The number of nitrogens with zero attached hydrogens (tertiary/aromatic N) is 2. The number of amides is 1. The van der Waals surface area contributed by atoms with Gasteiger partial charge in [-0.2, -0.15) is 0 Å². The number of rotatable bonds is 8. The van der Waals surface area contributed by atoms with E-state index in [4.69, 9.17) is 10.5 Å². The van der Waals surface area contributed by atoms with Crippen LogP contribution in [-0.2, 0) is 6.54 Å². The Labute approximate surface area is 155 Å². The summed E-state index contributed by atoms with van der Waals surface area (Å²) in [6.45, 7) is 3.59. The van der Waals surface area contributed by atoms with E-state index < -0.39 is 33.7 Å². The van der Waals surface area contributed by atoms with Crippen LogP contribution in [0.4, 0.5) is 5.69 Å². The topological polar surface area (TPSA) is 138 Å². The minimum atomic E-state index is -1.13. The molecule has 1 amide bonds. The summed E-state index contributed by atoms with van der Waals surface area (Å²) in [6, 6.07) is 8.19. The zero-order valence-corrected chi connectivity index (χ0v) is 15.0. The number of carbonyl (C=O) groups excluding carboxylic acids is 1. The first-order valence-electron chi connectivity index (χ1n) is 8.29. The number of primary amides is 1. The van der Waals surface area contributed by atoms with Gasteiger partial charge in [0.25, 0.3) is 17.2 Å². The van der Waals surface area contributed by atoms with Crippen molar-refractivity contribution in [3.05, 3.63) is 68.1 Å². The Hall–Kier alpha value is -3.20. The summed E-state index contributed by atoms with van der Waals surface area (Å²) in [5, 5.41) is 21.2. The minimum absolute atomic E-state index is 0.134.